The Kier molecular flexibility index (Phi) is 4.16. The van der Waals surface area contributed by atoms with Gasteiger partial charge in [-0.2, -0.15) is 26.3 Å². The molecule has 0 aliphatic rings. The van der Waals surface area contributed by atoms with Crippen LogP contribution in [-0.4, -0.2) is 5.11 Å². The molecule has 1 aromatic carbocycles. The van der Waals surface area contributed by atoms with Gasteiger partial charge in [0.15, 0.2) is 0 Å². The monoisotopic (exact) mass is 300 g/mol. The highest BCUT2D eigenvalue weighted by Gasteiger charge is 2.40. The first kappa shape index (κ1) is 16.8. The van der Waals surface area contributed by atoms with Gasteiger partial charge in [-0.15, -0.1) is 0 Å². The van der Waals surface area contributed by atoms with Gasteiger partial charge in [0.05, 0.1) is 17.2 Å². The van der Waals surface area contributed by atoms with Crippen molar-refractivity contribution in [1.82, 2.24) is 0 Å². The van der Waals surface area contributed by atoms with Crippen molar-refractivity contribution in [2.24, 2.45) is 5.41 Å². The van der Waals surface area contributed by atoms with Crippen LogP contribution >= 0.6 is 0 Å². The third kappa shape index (κ3) is 3.65. The first-order valence-electron chi connectivity index (χ1n) is 5.71. The fourth-order valence-corrected chi connectivity index (χ4v) is 1.69. The molecule has 0 aliphatic heterocycles. The maximum Gasteiger partial charge on any atom is 0.416 e. The standard InChI is InChI=1S/C13H14F6O/c1-11(2,3)10(20)8-6-7(12(14,15)16)4-5-9(8)13(17,18)19/h4-6,10,20H,1-3H3. The summed E-state index contributed by atoms with van der Waals surface area (Å²) in [4.78, 5) is 0. The van der Waals surface area contributed by atoms with E-state index in [2.05, 4.69) is 0 Å². The normalized spacial score (nSPS) is 15.3. The molecule has 0 bridgehead atoms. The van der Waals surface area contributed by atoms with Gasteiger partial charge in [-0.05, 0) is 29.2 Å². The third-order valence-corrected chi connectivity index (χ3v) is 2.80. The Balaban J connectivity index is 3.50. The second-order valence-electron chi connectivity index (χ2n) is 5.57. The minimum atomic E-state index is -4.83. The zero-order chi connectivity index (χ0) is 15.9. The van der Waals surface area contributed by atoms with Crippen LogP contribution in [0.3, 0.4) is 0 Å². The Labute approximate surface area is 112 Å². The largest absolute Gasteiger partial charge is 0.416 e. The highest BCUT2D eigenvalue weighted by molar-refractivity contribution is 5.37. The van der Waals surface area contributed by atoms with Gasteiger partial charge >= 0.3 is 12.4 Å². The molecule has 7 heteroatoms. The highest BCUT2D eigenvalue weighted by atomic mass is 19.4. The second-order valence-corrected chi connectivity index (χ2v) is 5.57. The fourth-order valence-electron chi connectivity index (χ4n) is 1.69. The van der Waals surface area contributed by atoms with Gasteiger partial charge < -0.3 is 5.11 Å². The van der Waals surface area contributed by atoms with Crippen LogP contribution in [0, 0.1) is 5.41 Å². The smallest absolute Gasteiger partial charge is 0.388 e. The zero-order valence-corrected chi connectivity index (χ0v) is 11.0. The summed E-state index contributed by atoms with van der Waals surface area (Å²) in [6.45, 7) is 4.33. The van der Waals surface area contributed by atoms with Crippen LogP contribution in [0.15, 0.2) is 18.2 Å². The van der Waals surface area contributed by atoms with E-state index in [0.29, 0.717) is 18.2 Å². The number of alkyl halides is 6. The highest BCUT2D eigenvalue weighted by Crippen LogP contribution is 2.42. The van der Waals surface area contributed by atoms with Crippen LogP contribution in [0.25, 0.3) is 0 Å². The van der Waals surface area contributed by atoms with Crippen LogP contribution in [0.5, 0.6) is 0 Å². The lowest BCUT2D eigenvalue weighted by Gasteiger charge is -2.29. The molecule has 1 N–H and O–H groups in total. The van der Waals surface area contributed by atoms with E-state index in [1.165, 1.54) is 20.8 Å². The molecule has 0 amide bonds. The lowest BCUT2D eigenvalue weighted by molar-refractivity contribution is -0.143. The van der Waals surface area contributed by atoms with Crippen molar-refractivity contribution in [3.05, 3.63) is 34.9 Å². The summed E-state index contributed by atoms with van der Waals surface area (Å²) < 4.78 is 76.3. The molecule has 0 aromatic heterocycles. The summed E-state index contributed by atoms with van der Waals surface area (Å²) in [5, 5.41) is 9.92. The van der Waals surface area contributed by atoms with Crippen molar-refractivity contribution in [2.45, 2.75) is 39.2 Å². The molecule has 20 heavy (non-hydrogen) atoms. The van der Waals surface area contributed by atoms with Crippen LogP contribution in [0.1, 0.15) is 43.6 Å². The molecule has 1 aromatic rings. The number of benzene rings is 1. The number of halogens is 6. The number of aliphatic hydroxyl groups excluding tert-OH is 1. The van der Waals surface area contributed by atoms with E-state index in [0.717, 1.165) is 0 Å². The van der Waals surface area contributed by atoms with E-state index in [9.17, 15) is 31.4 Å². The second kappa shape index (κ2) is 4.95. The van der Waals surface area contributed by atoms with Crippen LogP contribution in [0.4, 0.5) is 26.3 Å². The first-order chi connectivity index (χ1) is 8.74. The molecule has 0 radical (unpaired) electrons. The predicted octanol–water partition coefficient (Wildman–Crippen LogP) is 4.80. The van der Waals surface area contributed by atoms with Gasteiger partial charge in [-0.3, -0.25) is 0 Å². The van der Waals surface area contributed by atoms with Crippen molar-refractivity contribution in [3.63, 3.8) is 0 Å². The number of hydrogen-bond acceptors (Lipinski definition) is 1. The number of aliphatic hydroxyl groups is 1. The van der Waals surface area contributed by atoms with Crippen LogP contribution in [0.2, 0.25) is 0 Å². The molecular weight excluding hydrogens is 286 g/mol. The van der Waals surface area contributed by atoms with Gasteiger partial charge in [0.25, 0.3) is 0 Å². The Morgan fingerprint density at radius 1 is 0.900 bits per heavy atom. The fraction of sp³-hybridized carbons (Fsp3) is 0.538. The molecule has 0 saturated heterocycles. The molecule has 0 spiro atoms. The summed E-state index contributed by atoms with van der Waals surface area (Å²) in [6.07, 6.45) is -11.3. The Morgan fingerprint density at radius 2 is 1.40 bits per heavy atom. The summed E-state index contributed by atoms with van der Waals surface area (Å²) in [5.74, 6) is 0. The summed E-state index contributed by atoms with van der Waals surface area (Å²) in [7, 11) is 0. The van der Waals surface area contributed by atoms with E-state index in [-0.39, 0.29) is 0 Å². The average molecular weight is 300 g/mol. The lowest BCUT2D eigenvalue weighted by Crippen LogP contribution is -2.23. The molecule has 0 heterocycles. The van der Waals surface area contributed by atoms with Gasteiger partial charge in [-0.1, -0.05) is 20.8 Å². The summed E-state index contributed by atoms with van der Waals surface area (Å²) >= 11 is 0. The first-order valence-corrected chi connectivity index (χ1v) is 5.71. The molecule has 1 nitrogen and oxygen atoms in total. The Morgan fingerprint density at radius 3 is 1.75 bits per heavy atom. The SMILES string of the molecule is CC(C)(C)C(O)c1cc(C(F)(F)F)ccc1C(F)(F)F. The molecule has 1 unspecified atom stereocenters. The molecule has 0 aliphatic carbocycles. The van der Waals surface area contributed by atoms with Crippen LogP contribution < -0.4 is 0 Å². The number of rotatable bonds is 1. The van der Waals surface area contributed by atoms with E-state index in [1.807, 2.05) is 0 Å². The van der Waals surface area contributed by atoms with E-state index in [4.69, 9.17) is 0 Å². The van der Waals surface area contributed by atoms with Crippen molar-refractivity contribution >= 4 is 0 Å². The van der Waals surface area contributed by atoms with Gasteiger partial charge in [-0.25, -0.2) is 0 Å². The van der Waals surface area contributed by atoms with E-state index < -0.39 is 40.6 Å². The van der Waals surface area contributed by atoms with Gasteiger partial charge in [0, 0.05) is 0 Å². The van der Waals surface area contributed by atoms with Crippen molar-refractivity contribution in [3.8, 4) is 0 Å². The van der Waals surface area contributed by atoms with Crippen molar-refractivity contribution < 1.29 is 31.4 Å². The van der Waals surface area contributed by atoms with E-state index in [1.54, 1.807) is 0 Å². The molecule has 0 saturated carbocycles. The van der Waals surface area contributed by atoms with Crippen molar-refractivity contribution in [1.29, 1.82) is 0 Å². The zero-order valence-electron chi connectivity index (χ0n) is 11.0. The quantitative estimate of drug-likeness (QED) is 0.738. The average Bonchev–Trinajstić information content (AvgIpc) is 2.23. The maximum absolute atomic E-state index is 12.8. The third-order valence-electron chi connectivity index (χ3n) is 2.80. The molecular formula is C13H14F6O. The summed E-state index contributed by atoms with van der Waals surface area (Å²) in [5.41, 5.74) is -4.26. The Bertz CT molecular complexity index is 481. The topological polar surface area (TPSA) is 20.2 Å². The molecule has 114 valence electrons. The molecule has 1 rings (SSSR count). The van der Waals surface area contributed by atoms with E-state index >= 15 is 0 Å². The lowest BCUT2D eigenvalue weighted by atomic mass is 9.82. The minimum absolute atomic E-state index is 0.354. The molecule has 1 atom stereocenters. The Hall–Kier alpha value is -1.24. The van der Waals surface area contributed by atoms with Crippen LogP contribution in [-0.2, 0) is 12.4 Å². The minimum Gasteiger partial charge on any atom is -0.388 e. The molecule has 0 fully saturated rings. The predicted molar refractivity (Wildman–Crippen MR) is 60.9 cm³/mol. The summed E-state index contributed by atoms with van der Waals surface area (Å²) in [6, 6.07) is 1.08. The van der Waals surface area contributed by atoms with Crippen molar-refractivity contribution in [2.75, 3.05) is 0 Å². The maximum atomic E-state index is 12.8. The van der Waals surface area contributed by atoms with Gasteiger partial charge in [0.1, 0.15) is 0 Å². The number of hydrogen-bond donors (Lipinski definition) is 1. The van der Waals surface area contributed by atoms with Gasteiger partial charge in [0.2, 0.25) is 0 Å².